The molecule has 0 aliphatic heterocycles. The maximum atomic E-state index is 13.8. The molecule has 0 radical (unpaired) electrons. The molecule has 1 aromatic heterocycles. The highest BCUT2D eigenvalue weighted by Gasteiger charge is 2.22. The molecule has 0 saturated carbocycles. The molecule has 222 valence electrons. The summed E-state index contributed by atoms with van der Waals surface area (Å²) in [6.07, 6.45) is 11.0. The summed E-state index contributed by atoms with van der Waals surface area (Å²) in [5.74, 6) is 1.61. The number of ether oxygens (including phenoxy) is 1. The zero-order valence-corrected chi connectivity index (χ0v) is 26.0. The van der Waals surface area contributed by atoms with Gasteiger partial charge < -0.3 is 19.4 Å². The van der Waals surface area contributed by atoms with Crippen LogP contribution in [0, 0.1) is 0 Å². The molecular weight excluding hydrogens is 520 g/mol. The molecule has 0 aliphatic rings. The van der Waals surface area contributed by atoms with Crippen LogP contribution in [-0.4, -0.2) is 43.5 Å². The minimum Gasteiger partial charge on any atom is -0.494 e. The topological polar surface area (TPSA) is 54.7 Å². The zero-order chi connectivity index (χ0) is 27.9. The third-order valence-electron chi connectivity index (χ3n) is 7.26. The third kappa shape index (κ3) is 10.2. The Bertz CT molecular complexity index is 1120. The molecule has 6 heteroatoms. The molecule has 0 atom stereocenters. The minimum absolute atomic E-state index is 0. The number of rotatable bonds is 20. The van der Waals surface area contributed by atoms with E-state index in [2.05, 4.69) is 44.0 Å². The zero-order valence-electron chi connectivity index (χ0n) is 25.2. The van der Waals surface area contributed by atoms with Crippen LogP contribution < -0.4 is 10.1 Å². The van der Waals surface area contributed by atoms with Crippen LogP contribution in [0.5, 0.6) is 5.75 Å². The molecular formula is C34H51ClN2O3. The van der Waals surface area contributed by atoms with E-state index in [0.717, 1.165) is 79.8 Å². The molecule has 5 nitrogen and oxygen atoms in total. The van der Waals surface area contributed by atoms with Crippen molar-refractivity contribution in [2.24, 2.45) is 0 Å². The standard InChI is InChI=1S/C34H50N2O3.ClH/c1-5-9-14-32-33(30-26-28(35-21-10-6-2)17-20-31(30)39-32)34(37)27-15-18-29(19-16-27)38-25-13-24-36(22-11-7-3)23-12-8-4;/h15-20,26,35H,5-14,21-25H2,1-4H3;1H. The number of nitrogens with zero attached hydrogens (tertiary/aromatic N) is 1. The van der Waals surface area contributed by atoms with Crippen LogP contribution in [0.15, 0.2) is 46.9 Å². The van der Waals surface area contributed by atoms with E-state index in [1.54, 1.807) is 0 Å². The van der Waals surface area contributed by atoms with E-state index in [-0.39, 0.29) is 18.2 Å². The lowest BCUT2D eigenvalue weighted by Gasteiger charge is -2.21. The van der Waals surface area contributed by atoms with Gasteiger partial charge in [-0.1, -0.05) is 53.4 Å². The second kappa shape index (κ2) is 18.8. The maximum Gasteiger partial charge on any atom is 0.197 e. The van der Waals surface area contributed by atoms with Gasteiger partial charge in [-0.25, -0.2) is 0 Å². The number of carbonyl (C=O) groups excluding carboxylic acids is 1. The van der Waals surface area contributed by atoms with Gasteiger partial charge in [-0.2, -0.15) is 0 Å². The van der Waals surface area contributed by atoms with E-state index in [9.17, 15) is 4.79 Å². The molecule has 0 bridgehead atoms. The Balaban J connectivity index is 0.00000560. The molecule has 3 aromatic rings. The van der Waals surface area contributed by atoms with Gasteiger partial charge in [-0.3, -0.25) is 4.79 Å². The number of benzene rings is 2. The molecule has 1 heterocycles. The smallest absolute Gasteiger partial charge is 0.197 e. The summed E-state index contributed by atoms with van der Waals surface area (Å²) in [6, 6.07) is 13.7. The molecule has 40 heavy (non-hydrogen) atoms. The predicted molar refractivity (Wildman–Crippen MR) is 172 cm³/mol. The van der Waals surface area contributed by atoms with Gasteiger partial charge in [0.15, 0.2) is 5.78 Å². The van der Waals surface area contributed by atoms with Gasteiger partial charge in [0.25, 0.3) is 0 Å². The second-order valence-electron chi connectivity index (χ2n) is 10.6. The fourth-order valence-corrected chi connectivity index (χ4v) is 4.85. The van der Waals surface area contributed by atoms with Gasteiger partial charge in [0.2, 0.25) is 0 Å². The number of hydrogen-bond acceptors (Lipinski definition) is 5. The quantitative estimate of drug-likeness (QED) is 0.108. The van der Waals surface area contributed by atoms with Crippen LogP contribution in [0.2, 0.25) is 0 Å². The summed E-state index contributed by atoms with van der Waals surface area (Å²) >= 11 is 0. The van der Waals surface area contributed by atoms with Gasteiger partial charge >= 0.3 is 0 Å². The third-order valence-corrected chi connectivity index (χ3v) is 7.26. The lowest BCUT2D eigenvalue weighted by atomic mass is 9.98. The Morgan fingerprint density at radius 1 is 0.825 bits per heavy atom. The number of nitrogens with one attached hydrogen (secondary N) is 1. The summed E-state index contributed by atoms with van der Waals surface area (Å²) in [6.45, 7) is 13.9. The van der Waals surface area contributed by atoms with Crippen LogP contribution in [0.25, 0.3) is 11.0 Å². The number of aryl methyl sites for hydroxylation is 1. The van der Waals surface area contributed by atoms with Crippen molar-refractivity contribution in [1.29, 1.82) is 0 Å². The predicted octanol–water partition coefficient (Wildman–Crippen LogP) is 9.31. The van der Waals surface area contributed by atoms with E-state index in [1.165, 1.54) is 38.8 Å². The normalized spacial score (nSPS) is 11.1. The highest BCUT2D eigenvalue weighted by atomic mass is 35.5. The summed E-state index contributed by atoms with van der Waals surface area (Å²) in [5.41, 5.74) is 3.17. The number of anilines is 1. The number of hydrogen-bond donors (Lipinski definition) is 1. The van der Waals surface area contributed by atoms with Crippen molar-refractivity contribution >= 4 is 34.8 Å². The number of unbranched alkanes of at least 4 members (excludes halogenated alkanes) is 4. The van der Waals surface area contributed by atoms with Crippen LogP contribution >= 0.6 is 12.4 Å². The van der Waals surface area contributed by atoms with E-state index in [4.69, 9.17) is 9.15 Å². The molecule has 0 saturated heterocycles. The summed E-state index contributed by atoms with van der Waals surface area (Å²) in [4.78, 5) is 16.3. The average molecular weight is 571 g/mol. The number of carbonyl (C=O) groups is 1. The first-order valence-corrected chi connectivity index (χ1v) is 15.4. The number of fused-ring (bicyclic) bond motifs is 1. The van der Waals surface area contributed by atoms with Crippen molar-refractivity contribution < 1.29 is 13.9 Å². The largest absolute Gasteiger partial charge is 0.494 e. The minimum atomic E-state index is 0. The van der Waals surface area contributed by atoms with Gasteiger partial charge in [0, 0.05) is 36.1 Å². The summed E-state index contributed by atoms with van der Waals surface area (Å²) < 4.78 is 12.2. The molecule has 0 unspecified atom stereocenters. The lowest BCUT2D eigenvalue weighted by molar-refractivity contribution is 0.103. The molecule has 2 aromatic carbocycles. The lowest BCUT2D eigenvalue weighted by Crippen LogP contribution is -2.28. The van der Waals surface area contributed by atoms with Crippen molar-refractivity contribution in [2.75, 3.05) is 38.1 Å². The summed E-state index contributed by atoms with van der Waals surface area (Å²) in [7, 11) is 0. The molecule has 0 spiro atoms. The monoisotopic (exact) mass is 570 g/mol. The van der Waals surface area contributed by atoms with Gasteiger partial charge in [-0.05, 0) is 87.7 Å². The number of ketones is 1. The molecule has 1 N–H and O–H groups in total. The van der Waals surface area contributed by atoms with Crippen LogP contribution in [0.1, 0.15) is 107 Å². The van der Waals surface area contributed by atoms with Gasteiger partial charge in [-0.15, -0.1) is 12.4 Å². The van der Waals surface area contributed by atoms with Gasteiger partial charge in [0.1, 0.15) is 17.1 Å². The van der Waals surface area contributed by atoms with Crippen molar-refractivity contribution in [2.45, 2.75) is 91.9 Å². The summed E-state index contributed by atoms with van der Waals surface area (Å²) in [5, 5.41) is 4.37. The van der Waals surface area contributed by atoms with Crippen LogP contribution in [0.3, 0.4) is 0 Å². The Kier molecular flexibility index (Phi) is 15.8. The van der Waals surface area contributed by atoms with E-state index < -0.39 is 0 Å². The van der Waals surface area contributed by atoms with E-state index in [0.29, 0.717) is 17.7 Å². The average Bonchev–Trinajstić information content (AvgIpc) is 3.32. The fraction of sp³-hybridized carbons (Fsp3) is 0.559. The van der Waals surface area contributed by atoms with Crippen molar-refractivity contribution in [3.63, 3.8) is 0 Å². The highest BCUT2D eigenvalue weighted by Crippen LogP contribution is 2.32. The SMILES string of the molecule is CCCCNc1ccc2oc(CCCC)c(C(=O)c3ccc(OCCCN(CCCC)CCCC)cc3)c2c1.Cl. The fourth-order valence-electron chi connectivity index (χ4n) is 4.85. The number of furan rings is 1. The van der Waals surface area contributed by atoms with Crippen molar-refractivity contribution in [3.8, 4) is 5.75 Å². The Morgan fingerprint density at radius 2 is 1.48 bits per heavy atom. The second-order valence-corrected chi connectivity index (χ2v) is 10.6. The van der Waals surface area contributed by atoms with Gasteiger partial charge in [0.05, 0.1) is 12.2 Å². The van der Waals surface area contributed by atoms with Crippen LogP contribution in [-0.2, 0) is 6.42 Å². The Morgan fingerprint density at radius 3 is 2.12 bits per heavy atom. The first-order valence-electron chi connectivity index (χ1n) is 15.4. The maximum absolute atomic E-state index is 13.8. The molecule has 3 rings (SSSR count). The van der Waals surface area contributed by atoms with E-state index >= 15 is 0 Å². The highest BCUT2D eigenvalue weighted by molar-refractivity contribution is 6.17. The van der Waals surface area contributed by atoms with Crippen LogP contribution in [0.4, 0.5) is 5.69 Å². The Labute approximate surface area is 248 Å². The molecule has 0 fully saturated rings. The Hall–Kier alpha value is -2.50. The molecule has 0 amide bonds. The number of halogens is 1. The van der Waals surface area contributed by atoms with Crippen molar-refractivity contribution in [3.05, 3.63) is 59.4 Å². The van der Waals surface area contributed by atoms with Crippen molar-refractivity contribution in [1.82, 2.24) is 4.90 Å². The van der Waals surface area contributed by atoms with E-state index in [1.807, 2.05) is 36.4 Å². The first-order chi connectivity index (χ1) is 19.1. The first kappa shape index (κ1) is 33.7. The molecule has 0 aliphatic carbocycles.